The van der Waals surface area contributed by atoms with Gasteiger partial charge in [0, 0.05) is 0 Å². The van der Waals surface area contributed by atoms with E-state index in [0.717, 1.165) is 38.5 Å². The molecule has 2 rings (SSSR count). The van der Waals surface area contributed by atoms with E-state index in [1.165, 1.54) is 69.8 Å². The first-order chi connectivity index (χ1) is 17.4. The van der Waals surface area contributed by atoms with Gasteiger partial charge in [-0.1, -0.05) is 96.6 Å². The van der Waals surface area contributed by atoms with Gasteiger partial charge in [0.15, 0.2) is 5.41 Å². The Hall–Kier alpha value is -2.33. The van der Waals surface area contributed by atoms with Crippen LogP contribution in [0.4, 0.5) is 0 Å². The van der Waals surface area contributed by atoms with Crippen molar-refractivity contribution < 1.29 is 9.53 Å². The summed E-state index contributed by atoms with van der Waals surface area (Å²) in [5.74, 6) is 0.459. The molecule has 1 unspecified atom stereocenters. The lowest BCUT2D eigenvalue weighted by atomic mass is 9.67. The number of ether oxygens (including phenoxy) is 1. The van der Waals surface area contributed by atoms with Gasteiger partial charge in [-0.25, -0.2) is 4.79 Å². The number of nitriles is 2. The van der Waals surface area contributed by atoms with Gasteiger partial charge in [-0.3, -0.25) is 0 Å². The third-order valence-corrected chi connectivity index (χ3v) is 8.20. The van der Waals surface area contributed by atoms with E-state index in [9.17, 15) is 15.3 Å². The first-order valence-corrected chi connectivity index (χ1v) is 14.6. The molecule has 1 aromatic carbocycles. The minimum atomic E-state index is -1.11. The van der Waals surface area contributed by atoms with E-state index >= 15 is 0 Å². The van der Waals surface area contributed by atoms with E-state index in [-0.39, 0.29) is 5.41 Å². The molecule has 1 aliphatic carbocycles. The number of benzene rings is 1. The standard InChI is InChI=1S/C32H48N2O2/c1-4-6-7-8-9-10-11-12-13-14-22-32(26-34)23-19-28(20-24-32)27-15-17-29(18-16-27)36-30(35)31(3,25-33)21-5-2/h15-18,28H,4-14,19-24H2,1-3H3. The number of hydrogen-bond acceptors (Lipinski definition) is 4. The number of rotatable bonds is 16. The van der Waals surface area contributed by atoms with Gasteiger partial charge in [-0.05, 0) is 69.1 Å². The van der Waals surface area contributed by atoms with Crippen LogP contribution >= 0.6 is 0 Å². The lowest BCUT2D eigenvalue weighted by Gasteiger charge is -2.35. The maximum Gasteiger partial charge on any atom is 0.331 e. The van der Waals surface area contributed by atoms with Crippen LogP contribution in [0.15, 0.2) is 24.3 Å². The minimum Gasteiger partial charge on any atom is -0.425 e. The quantitative estimate of drug-likeness (QED) is 0.131. The fourth-order valence-corrected chi connectivity index (χ4v) is 5.60. The Balaban J connectivity index is 1.74. The van der Waals surface area contributed by atoms with Crippen molar-refractivity contribution in [1.82, 2.24) is 0 Å². The topological polar surface area (TPSA) is 73.9 Å². The van der Waals surface area contributed by atoms with Crippen LogP contribution in [0, 0.1) is 33.5 Å². The van der Waals surface area contributed by atoms with E-state index in [1.54, 1.807) is 6.92 Å². The van der Waals surface area contributed by atoms with Crippen LogP contribution in [-0.4, -0.2) is 5.97 Å². The van der Waals surface area contributed by atoms with Gasteiger partial charge in [0.1, 0.15) is 5.75 Å². The maximum atomic E-state index is 12.5. The molecule has 198 valence electrons. The zero-order valence-electron chi connectivity index (χ0n) is 23.1. The highest BCUT2D eigenvalue weighted by Crippen LogP contribution is 2.46. The van der Waals surface area contributed by atoms with Crippen molar-refractivity contribution in [3.63, 3.8) is 0 Å². The van der Waals surface area contributed by atoms with Crippen molar-refractivity contribution in [1.29, 1.82) is 10.5 Å². The van der Waals surface area contributed by atoms with Crippen molar-refractivity contribution in [2.24, 2.45) is 10.8 Å². The average Bonchev–Trinajstić information content (AvgIpc) is 2.90. The Labute approximate surface area is 220 Å². The minimum absolute atomic E-state index is 0.146. The van der Waals surface area contributed by atoms with Crippen molar-refractivity contribution in [2.75, 3.05) is 0 Å². The molecule has 1 aliphatic rings. The van der Waals surface area contributed by atoms with Crippen LogP contribution in [0.2, 0.25) is 0 Å². The molecular formula is C32H48N2O2. The first kappa shape index (κ1) is 29.9. The Morgan fingerprint density at radius 2 is 1.47 bits per heavy atom. The molecule has 0 saturated heterocycles. The monoisotopic (exact) mass is 492 g/mol. The molecule has 4 nitrogen and oxygen atoms in total. The summed E-state index contributed by atoms with van der Waals surface area (Å²) in [6.45, 7) is 5.87. The van der Waals surface area contributed by atoms with Gasteiger partial charge >= 0.3 is 5.97 Å². The molecular weight excluding hydrogens is 444 g/mol. The second-order valence-electron chi connectivity index (χ2n) is 11.3. The van der Waals surface area contributed by atoms with Crippen molar-refractivity contribution in [3.05, 3.63) is 29.8 Å². The van der Waals surface area contributed by atoms with Crippen LogP contribution in [0.3, 0.4) is 0 Å². The molecule has 0 spiro atoms. The Kier molecular flexibility index (Phi) is 13.0. The van der Waals surface area contributed by atoms with Gasteiger partial charge in [0.25, 0.3) is 0 Å². The summed E-state index contributed by atoms with van der Waals surface area (Å²) in [7, 11) is 0. The largest absolute Gasteiger partial charge is 0.425 e. The molecule has 0 aliphatic heterocycles. The van der Waals surface area contributed by atoms with Crippen LogP contribution in [0.25, 0.3) is 0 Å². The molecule has 0 aromatic heterocycles. The van der Waals surface area contributed by atoms with Crippen LogP contribution in [-0.2, 0) is 4.79 Å². The fraction of sp³-hybridized carbons (Fsp3) is 0.719. The number of hydrogen-bond donors (Lipinski definition) is 0. The summed E-state index contributed by atoms with van der Waals surface area (Å²) in [6, 6.07) is 12.6. The third-order valence-electron chi connectivity index (χ3n) is 8.20. The SMILES string of the molecule is CCCCCCCCCCCCC1(C#N)CCC(c2ccc(OC(=O)C(C)(C#N)CCC)cc2)CC1. The maximum absolute atomic E-state index is 12.5. The second-order valence-corrected chi connectivity index (χ2v) is 11.3. The highest BCUT2D eigenvalue weighted by molar-refractivity contribution is 5.81. The Morgan fingerprint density at radius 1 is 0.917 bits per heavy atom. The summed E-state index contributed by atoms with van der Waals surface area (Å²) in [4.78, 5) is 12.5. The van der Waals surface area contributed by atoms with Gasteiger partial charge < -0.3 is 4.74 Å². The third kappa shape index (κ3) is 9.28. The van der Waals surface area contributed by atoms with Crippen LogP contribution in [0.5, 0.6) is 5.75 Å². The predicted octanol–water partition coefficient (Wildman–Crippen LogP) is 9.40. The molecule has 4 heteroatoms. The van der Waals surface area contributed by atoms with Gasteiger partial charge in [-0.15, -0.1) is 0 Å². The Bertz CT molecular complexity index is 856. The van der Waals surface area contributed by atoms with E-state index < -0.39 is 11.4 Å². The summed E-state index contributed by atoms with van der Waals surface area (Å²) in [6.07, 6.45) is 19.6. The number of carbonyl (C=O) groups is 1. The summed E-state index contributed by atoms with van der Waals surface area (Å²) in [5, 5.41) is 19.4. The van der Waals surface area contributed by atoms with E-state index in [2.05, 4.69) is 19.1 Å². The fourth-order valence-electron chi connectivity index (χ4n) is 5.60. The normalized spacial score (nSPS) is 21.2. The van der Waals surface area contributed by atoms with Gasteiger partial charge in [0.2, 0.25) is 0 Å². The highest BCUT2D eigenvalue weighted by atomic mass is 16.5. The lowest BCUT2D eigenvalue weighted by molar-refractivity contribution is -0.142. The van der Waals surface area contributed by atoms with Crippen LogP contribution < -0.4 is 4.74 Å². The van der Waals surface area contributed by atoms with Crippen molar-refractivity contribution in [2.45, 2.75) is 136 Å². The first-order valence-electron chi connectivity index (χ1n) is 14.6. The van der Waals surface area contributed by atoms with Crippen LogP contribution in [0.1, 0.15) is 141 Å². The molecule has 1 fully saturated rings. The molecule has 0 N–H and O–H groups in total. The number of nitrogens with zero attached hydrogens (tertiary/aromatic N) is 2. The average molecular weight is 493 g/mol. The number of esters is 1. The second kappa shape index (κ2) is 15.7. The summed E-state index contributed by atoms with van der Waals surface area (Å²) < 4.78 is 5.51. The zero-order chi connectivity index (χ0) is 26.3. The summed E-state index contributed by atoms with van der Waals surface area (Å²) >= 11 is 0. The number of carbonyl (C=O) groups excluding carboxylic acids is 1. The van der Waals surface area contributed by atoms with E-state index in [0.29, 0.717) is 18.1 Å². The molecule has 36 heavy (non-hydrogen) atoms. The number of unbranched alkanes of at least 4 members (excludes halogenated alkanes) is 9. The van der Waals surface area contributed by atoms with Gasteiger partial charge in [-0.2, -0.15) is 10.5 Å². The molecule has 0 amide bonds. The van der Waals surface area contributed by atoms with E-state index in [4.69, 9.17) is 4.74 Å². The highest BCUT2D eigenvalue weighted by Gasteiger charge is 2.36. The molecule has 0 radical (unpaired) electrons. The predicted molar refractivity (Wildman–Crippen MR) is 146 cm³/mol. The van der Waals surface area contributed by atoms with E-state index in [1.807, 2.05) is 31.2 Å². The molecule has 0 bridgehead atoms. The Morgan fingerprint density at radius 3 is 1.97 bits per heavy atom. The summed E-state index contributed by atoms with van der Waals surface area (Å²) in [5.41, 5.74) is -0.00407. The van der Waals surface area contributed by atoms with Crippen molar-refractivity contribution >= 4 is 5.97 Å². The molecule has 1 saturated carbocycles. The molecule has 0 heterocycles. The smallest absolute Gasteiger partial charge is 0.331 e. The molecule has 1 aromatic rings. The van der Waals surface area contributed by atoms with Gasteiger partial charge in [0.05, 0.1) is 17.6 Å². The zero-order valence-corrected chi connectivity index (χ0v) is 23.1. The molecule has 1 atom stereocenters. The lowest BCUT2D eigenvalue weighted by Crippen LogP contribution is -2.30. The van der Waals surface area contributed by atoms with Crippen molar-refractivity contribution in [3.8, 4) is 17.9 Å².